The molecular formula is C21H23F4N5O3. The Morgan fingerprint density at radius 1 is 1.15 bits per heavy atom. The van der Waals surface area contributed by atoms with Gasteiger partial charge >= 0.3 is 12.3 Å². The van der Waals surface area contributed by atoms with E-state index in [1.165, 1.54) is 11.0 Å². The molecule has 33 heavy (non-hydrogen) atoms. The van der Waals surface area contributed by atoms with Crippen LogP contribution in [0.25, 0.3) is 11.3 Å². The Labute approximate surface area is 187 Å². The van der Waals surface area contributed by atoms with E-state index in [4.69, 9.17) is 4.74 Å². The Morgan fingerprint density at radius 2 is 1.82 bits per heavy atom. The molecule has 3 heterocycles. The SMILES string of the molecule is CC(C)(C)OC(=O)N1CCC[C@H]1C(=O)NCc1cc(-c2cnc(C(F)(F)F)nc2)ncc1F. The summed E-state index contributed by atoms with van der Waals surface area (Å²) in [5.74, 6) is -2.47. The summed E-state index contributed by atoms with van der Waals surface area (Å²) in [5.41, 5.74) is -0.345. The molecule has 0 aliphatic carbocycles. The van der Waals surface area contributed by atoms with E-state index >= 15 is 0 Å². The van der Waals surface area contributed by atoms with Gasteiger partial charge in [-0.25, -0.2) is 19.2 Å². The molecule has 2 aromatic heterocycles. The summed E-state index contributed by atoms with van der Waals surface area (Å²) in [6.07, 6.45) is -1.43. The number of nitrogens with zero attached hydrogens (tertiary/aromatic N) is 4. The number of ether oxygens (including phenoxy) is 1. The standard InChI is InChI=1S/C21H23F4N5O3/c1-20(2,3)33-19(32)30-6-4-5-16(30)17(31)27-8-12-7-15(26-11-14(12)22)13-9-28-18(29-10-13)21(23,24)25/h7,9-11,16H,4-6,8H2,1-3H3,(H,27,31)/t16-/m0/s1. The lowest BCUT2D eigenvalue weighted by Crippen LogP contribution is -2.47. The highest BCUT2D eigenvalue weighted by atomic mass is 19.4. The Bertz CT molecular complexity index is 1020. The highest BCUT2D eigenvalue weighted by molar-refractivity contribution is 5.86. The van der Waals surface area contributed by atoms with Crippen LogP contribution in [-0.2, 0) is 22.3 Å². The van der Waals surface area contributed by atoms with Crippen molar-refractivity contribution in [2.45, 2.75) is 58.0 Å². The van der Waals surface area contributed by atoms with Crippen LogP contribution < -0.4 is 5.32 Å². The number of pyridine rings is 1. The maximum absolute atomic E-state index is 14.2. The van der Waals surface area contributed by atoms with Gasteiger partial charge in [0, 0.05) is 36.6 Å². The number of carbonyl (C=O) groups is 2. The molecule has 3 rings (SSSR count). The molecule has 8 nitrogen and oxygen atoms in total. The molecule has 0 aromatic carbocycles. The number of hydrogen-bond acceptors (Lipinski definition) is 6. The maximum atomic E-state index is 14.2. The van der Waals surface area contributed by atoms with Crippen molar-refractivity contribution in [2.24, 2.45) is 0 Å². The van der Waals surface area contributed by atoms with Crippen LogP contribution in [0.4, 0.5) is 22.4 Å². The molecule has 178 valence electrons. The molecule has 0 radical (unpaired) electrons. The lowest BCUT2D eigenvalue weighted by atomic mass is 10.1. The molecule has 1 aliphatic rings. The van der Waals surface area contributed by atoms with Crippen LogP contribution in [0.1, 0.15) is 45.0 Å². The van der Waals surface area contributed by atoms with Crippen LogP contribution in [0.5, 0.6) is 0 Å². The summed E-state index contributed by atoms with van der Waals surface area (Å²) in [5, 5.41) is 2.60. The largest absolute Gasteiger partial charge is 0.451 e. The number of rotatable bonds is 4. The average molecular weight is 469 g/mol. The van der Waals surface area contributed by atoms with Gasteiger partial charge in [-0.3, -0.25) is 14.7 Å². The van der Waals surface area contributed by atoms with Crippen molar-refractivity contribution in [1.29, 1.82) is 0 Å². The molecule has 0 spiro atoms. The van der Waals surface area contributed by atoms with Crippen LogP contribution >= 0.6 is 0 Å². The van der Waals surface area contributed by atoms with Crippen molar-refractivity contribution in [1.82, 2.24) is 25.2 Å². The number of nitrogens with one attached hydrogen (secondary N) is 1. The molecule has 0 unspecified atom stereocenters. The lowest BCUT2D eigenvalue weighted by molar-refractivity contribution is -0.145. The second kappa shape index (κ2) is 9.28. The van der Waals surface area contributed by atoms with E-state index in [1.54, 1.807) is 20.8 Å². The van der Waals surface area contributed by atoms with E-state index in [-0.39, 0.29) is 23.4 Å². The van der Waals surface area contributed by atoms with Crippen LogP contribution in [-0.4, -0.2) is 50.0 Å². The fourth-order valence-corrected chi connectivity index (χ4v) is 3.26. The van der Waals surface area contributed by atoms with Gasteiger partial charge in [0.05, 0.1) is 11.9 Å². The first kappa shape index (κ1) is 24.3. The first-order chi connectivity index (χ1) is 15.3. The normalized spacial score (nSPS) is 16.6. The monoisotopic (exact) mass is 469 g/mol. The molecule has 1 atom stereocenters. The highest BCUT2D eigenvalue weighted by Crippen LogP contribution is 2.27. The second-order valence-electron chi connectivity index (χ2n) is 8.50. The number of carbonyl (C=O) groups excluding carboxylic acids is 2. The fourth-order valence-electron chi connectivity index (χ4n) is 3.26. The molecule has 2 aromatic rings. The Hall–Kier alpha value is -3.31. The minimum absolute atomic E-state index is 0.0649. The van der Waals surface area contributed by atoms with Gasteiger partial charge in [0.25, 0.3) is 0 Å². The topological polar surface area (TPSA) is 97.3 Å². The van der Waals surface area contributed by atoms with Gasteiger partial charge in [0.15, 0.2) is 0 Å². The van der Waals surface area contributed by atoms with Gasteiger partial charge in [-0.2, -0.15) is 13.2 Å². The zero-order valence-corrected chi connectivity index (χ0v) is 18.2. The number of hydrogen-bond donors (Lipinski definition) is 1. The van der Waals surface area contributed by atoms with Crippen LogP contribution in [0.2, 0.25) is 0 Å². The van der Waals surface area contributed by atoms with E-state index < -0.39 is 41.5 Å². The fraction of sp³-hybridized carbons (Fsp3) is 0.476. The maximum Gasteiger partial charge on any atom is 0.451 e. The van der Waals surface area contributed by atoms with Crippen LogP contribution in [0.15, 0.2) is 24.7 Å². The first-order valence-corrected chi connectivity index (χ1v) is 10.2. The van der Waals surface area contributed by atoms with Gasteiger partial charge in [0.1, 0.15) is 17.5 Å². The Kier molecular flexibility index (Phi) is 6.84. The molecule has 0 bridgehead atoms. The number of amides is 2. The number of aromatic nitrogens is 3. The molecule has 12 heteroatoms. The van der Waals surface area contributed by atoms with Crippen molar-refractivity contribution in [3.63, 3.8) is 0 Å². The van der Waals surface area contributed by atoms with Crippen molar-refractivity contribution in [2.75, 3.05) is 6.54 Å². The summed E-state index contributed by atoms with van der Waals surface area (Å²) in [6, 6.07) is 0.550. The molecule has 1 fully saturated rings. The second-order valence-corrected chi connectivity index (χ2v) is 8.50. The van der Waals surface area contributed by atoms with Crippen LogP contribution in [0.3, 0.4) is 0 Å². The number of halogens is 4. The predicted octanol–water partition coefficient (Wildman–Crippen LogP) is 3.71. The summed E-state index contributed by atoms with van der Waals surface area (Å²) in [4.78, 5) is 36.8. The van der Waals surface area contributed by atoms with E-state index in [0.29, 0.717) is 19.4 Å². The van der Waals surface area contributed by atoms with Crippen molar-refractivity contribution < 1.29 is 31.9 Å². The predicted molar refractivity (Wildman–Crippen MR) is 108 cm³/mol. The number of likely N-dealkylation sites (tertiary alicyclic amines) is 1. The molecule has 2 amide bonds. The molecule has 1 saturated heterocycles. The Morgan fingerprint density at radius 3 is 2.42 bits per heavy atom. The number of alkyl halides is 3. The quantitative estimate of drug-likeness (QED) is 0.686. The minimum atomic E-state index is -4.68. The summed E-state index contributed by atoms with van der Waals surface area (Å²) >= 11 is 0. The molecule has 1 N–H and O–H groups in total. The first-order valence-electron chi connectivity index (χ1n) is 10.2. The highest BCUT2D eigenvalue weighted by Gasteiger charge is 2.36. The minimum Gasteiger partial charge on any atom is -0.444 e. The summed E-state index contributed by atoms with van der Waals surface area (Å²) < 4.78 is 57.5. The smallest absolute Gasteiger partial charge is 0.444 e. The van der Waals surface area contributed by atoms with Crippen molar-refractivity contribution in [3.05, 3.63) is 41.9 Å². The van der Waals surface area contributed by atoms with Crippen molar-refractivity contribution >= 4 is 12.0 Å². The summed E-state index contributed by atoms with van der Waals surface area (Å²) in [7, 11) is 0. The van der Waals surface area contributed by atoms with Gasteiger partial charge in [0.2, 0.25) is 11.7 Å². The molecular weight excluding hydrogens is 446 g/mol. The van der Waals surface area contributed by atoms with E-state index in [2.05, 4.69) is 20.3 Å². The third-order valence-electron chi connectivity index (χ3n) is 4.77. The lowest BCUT2D eigenvalue weighted by Gasteiger charge is -2.28. The van der Waals surface area contributed by atoms with Crippen LogP contribution in [0, 0.1) is 5.82 Å². The zero-order valence-electron chi connectivity index (χ0n) is 18.2. The van der Waals surface area contributed by atoms with Gasteiger partial charge in [-0.05, 0) is 39.7 Å². The zero-order chi connectivity index (χ0) is 24.4. The van der Waals surface area contributed by atoms with Crippen molar-refractivity contribution in [3.8, 4) is 11.3 Å². The van der Waals surface area contributed by atoms with E-state index in [1.807, 2.05) is 0 Å². The average Bonchev–Trinajstić information content (AvgIpc) is 3.21. The molecule has 1 aliphatic heterocycles. The Balaban J connectivity index is 1.69. The molecule has 0 saturated carbocycles. The summed E-state index contributed by atoms with van der Waals surface area (Å²) in [6.45, 7) is 5.33. The van der Waals surface area contributed by atoms with Gasteiger partial charge in [-0.1, -0.05) is 0 Å². The van der Waals surface area contributed by atoms with Gasteiger partial charge in [-0.15, -0.1) is 0 Å². The van der Waals surface area contributed by atoms with E-state index in [9.17, 15) is 27.2 Å². The third kappa shape index (κ3) is 6.14. The third-order valence-corrected chi connectivity index (χ3v) is 4.77. The van der Waals surface area contributed by atoms with E-state index in [0.717, 1.165) is 18.6 Å². The van der Waals surface area contributed by atoms with Gasteiger partial charge < -0.3 is 10.1 Å².